The first kappa shape index (κ1) is 13.0. The Morgan fingerprint density at radius 2 is 1.75 bits per heavy atom. The predicted molar refractivity (Wildman–Crippen MR) is 72.4 cm³/mol. The molecule has 0 N–H and O–H groups in total. The largest absolute Gasteiger partial charge is 0.299 e. The maximum Gasteiger partial charge on any atom is 0.0239 e. The number of nitrogens with zero attached hydrogens (tertiary/aromatic N) is 1. The number of rotatable bonds is 7. The van der Waals surface area contributed by atoms with Crippen LogP contribution in [0, 0.1) is 0 Å². The SMILES string of the molecule is C=Cc1ccccc1CN(CCC)CCC. The van der Waals surface area contributed by atoms with Crippen molar-refractivity contribution < 1.29 is 0 Å². The van der Waals surface area contributed by atoms with Crippen LogP contribution in [0.3, 0.4) is 0 Å². The first-order chi connectivity index (χ1) is 7.81. The second-order valence-corrected chi connectivity index (χ2v) is 4.18. The fourth-order valence-electron chi connectivity index (χ4n) is 2.02. The van der Waals surface area contributed by atoms with Crippen LogP contribution in [0.2, 0.25) is 0 Å². The fraction of sp³-hybridized carbons (Fsp3) is 0.467. The lowest BCUT2D eigenvalue weighted by Crippen LogP contribution is -2.25. The van der Waals surface area contributed by atoms with Crippen LogP contribution >= 0.6 is 0 Å². The van der Waals surface area contributed by atoms with Gasteiger partial charge in [0.05, 0.1) is 0 Å². The van der Waals surface area contributed by atoms with Crippen molar-refractivity contribution in [2.45, 2.75) is 33.2 Å². The maximum absolute atomic E-state index is 3.87. The molecule has 0 amide bonds. The summed E-state index contributed by atoms with van der Waals surface area (Å²) >= 11 is 0. The van der Waals surface area contributed by atoms with Gasteiger partial charge in [-0.3, -0.25) is 4.90 Å². The fourth-order valence-corrected chi connectivity index (χ4v) is 2.02. The summed E-state index contributed by atoms with van der Waals surface area (Å²) in [6, 6.07) is 8.52. The summed E-state index contributed by atoms with van der Waals surface area (Å²) in [7, 11) is 0. The van der Waals surface area contributed by atoms with E-state index in [2.05, 4.69) is 49.6 Å². The minimum atomic E-state index is 1.05. The average Bonchev–Trinajstić information content (AvgIpc) is 2.30. The summed E-state index contributed by atoms with van der Waals surface area (Å²) in [5.74, 6) is 0. The van der Waals surface area contributed by atoms with Gasteiger partial charge in [-0.05, 0) is 37.1 Å². The van der Waals surface area contributed by atoms with E-state index < -0.39 is 0 Å². The monoisotopic (exact) mass is 217 g/mol. The van der Waals surface area contributed by atoms with Crippen LogP contribution < -0.4 is 0 Å². The lowest BCUT2D eigenvalue weighted by Gasteiger charge is -2.21. The molecule has 0 aliphatic carbocycles. The summed E-state index contributed by atoms with van der Waals surface area (Å²) in [6.07, 6.45) is 4.39. The van der Waals surface area contributed by atoms with Crippen molar-refractivity contribution in [2.24, 2.45) is 0 Å². The van der Waals surface area contributed by atoms with E-state index in [9.17, 15) is 0 Å². The lowest BCUT2D eigenvalue weighted by molar-refractivity contribution is 0.266. The zero-order chi connectivity index (χ0) is 11.8. The summed E-state index contributed by atoms with van der Waals surface area (Å²) in [4.78, 5) is 2.52. The van der Waals surface area contributed by atoms with Gasteiger partial charge < -0.3 is 0 Å². The van der Waals surface area contributed by atoms with Crippen LogP contribution in [-0.4, -0.2) is 18.0 Å². The number of hydrogen-bond donors (Lipinski definition) is 0. The molecule has 0 saturated heterocycles. The van der Waals surface area contributed by atoms with E-state index in [1.807, 2.05) is 6.08 Å². The molecule has 0 unspecified atom stereocenters. The minimum absolute atomic E-state index is 1.05. The molecular weight excluding hydrogens is 194 g/mol. The van der Waals surface area contributed by atoms with Crippen LogP contribution in [0.1, 0.15) is 37.8 Å². The maximum atomic E-state index is 3.87. The van der Waals surface area contributed by atoms with Crippen LogP contribution in [0.4, 0.5) is 0 Å². The van der Waals surface area contributed by atoms with E-state index in [1.54, 1.807) is 0 Å². The van der Waals surface area contributed by atoms with Gasteiger partial charge in [0.15, 0.2) is 0 Å². The molecule has 1 heteroatoms. The van der Waals surface area contributed by atoms with Gasteiger partial charge in [-0.25, -0.2) is 0 Å². The highest BCUT2D eigenvalue weighted by molar-refractivity contribution is 5.51. The summed E-state index contributed by atoms with van der Waals surface area (Å²) < 4.78 is 0. The van der Waals surface area contributed by atoms with E-state index >= 15 is 0 Å². The molecule has 0 aliphatic heterocycles. The molecule has 0 aromatic heterocycles. The molecule has 16 heavy (non-hydrogen) atoms. The molecule has 1 nitrogen and oxygen atoms in total. The Bertz CT molecular complexity index is 311. The van der Waals surface area contributed by atoms with Gasteiger partial charge in [0.2, 0.25) is 0 Å². The van der Waals surface area contributed by atoms with Gasteiger partial charge in [0.25, 0.3) is 0 Å². The molecule has 1 aromatic carbocycles. The highest BCUT2D eigenvalue weighted by Gasteiger charge is 2.05. The van der Waals surface area contributed by atoms with E-state index in [1.165, 1.54) is 37.1 Å². The molecule has 0 atom stereocenters. The van der Waals surface area contributed by atoms with Gasteiger partial charge in [-0.2, -0.15) is 0 Å². The molecule has 88 valence electrons. The minimum Gasteiger partial charge on any atom is -0.299 e. The smallest absolute Gasteiger partial charge is 0.0239 e. The third kappa shape index (κ3) is 3.82. The van der Waals surface area contributed by atoms with Crippen LogP contribution in [0.25, 0.3) is 6.08 Å². The van der Waals surface area contributed by atoms with Crippen molar-refractivity contribution >= 4 is 6.08 Å². The van der Waals surface area contributed by atoms with Crippen molar-refractivity contribution in [1.82, 2.24) is 4.90 Å². The molecule has 0 aliphatic rings. The lowest BCUT2D eigenvalue weighted by atomic mass is 10.1. The average molecular weight is 217 g/mol. The van der Waals surface area contributed by atoms with E-state index in [0.717, 1.165) is 6.54 Å². The standard InChI is InChI=1S/C15H23N/c1-4-11-16(12-5-2)13-15-10-8-7-9-14(15)6-3/h6-10H,3-5,11-13H2,1-2H3. The Morgan fingerprint density at radius 3 is 2.31 bits per heavy atom. The Balaban J connectivity index is 2.71. The van der Waals surface area contributed by atoms with Gasteiger partial charge in [0, 0.05) is 6.54 Å². The third-order valence-corrected chi connectivity index (χ3v) is 2.75. The Labute approximate surface area is 99.8 Å². The summed E-state index contributed by atoms with van der Waals surface area (Å²) in [5, 5.41) is 0. The van der Waals surface area contributed by atoms with Gasteiger partial charge >= 0.3 is 0 Å². The van der Waals surface area contributed by atoms with Crippen molar-refractivity contribution in [2.75, 3.05) is 13.1 Å². The highest BCUT2D eigenvalue weighted by atomic mass is 15.1. The second-order valence-electron chi connectivity index (χ2n) is 4.18. The zero-order valence-electron chi connectivity index (χ0n) is 10.6. The van der Waals surface area contributed by atoms with Crippen molar-refractivity contribution in [3.63, 3.8) is 0 Å². The first-order valence-corrected chi connectivity index (χ1v) is 6.24. The van der Waals surface area contributed by atoms with E-state index in [4.69, 9.17) is 0 Å². The van der Waals surface area contributed by atoms with Crippen molar-refractivity contribution in [3.8, 4) is 0 Å². The van der Waals surface area contributed by atoms with E-state index in [0.29, 0.717) is 0 Å². The second kappa shape index (κ2) is 7.24. The van der Waals surface area contributed by atoms with Crippen molar-refractivity contribution in [3.05, 3.63) is 42.0 Å². The Kier molecular flexibility index (Phi) is 5.87. The molecule has 0 bridgehead atoms. The summed E-state index contributed by atoms with van der Waals surface area (Å²) in [6.45, 7) is 11.8. The molecule has 0 radical (unpaired) electrons. The van der Waals surface area contributed by atoms with Crippen molar-refractivity contribution in [1.29, 1.82) is 0 Å². The van der Waals surface area contributed by atoms with Crippen LogP contribution in [0.15, 0.2) is 30.8 Å². The topological polar surface area (TPSA) is 3.24 Å². The molecule has 1 rings (SSSR count). The first-order valence-electron chi connectivity index (χ1n) is 6.24. The Hall–Kier alpha value is -1.08. The van der Waals surface area contributed by atoms with Gasteiger partial charge in [-0.1, -0.05) is 50.8 Å². The van der Waals surface area contributed by atoms with E-state index in [-0.39, 0.29) is 0 Å². The summed E-state index contributed by atoms with van der Waals surface area (Å²) in [5.41, 5.74) is 2.65. The van der Waals surface area contributed by atoms with Gasteiger partial charge in [0.1, 0.15) is 0 Å². The number of hydrogen-bond acceptors (Lipinski definition) is 1. The Morgan fingerprint density at radius 1 is 1.12 bits per heavy atom. The van der Waals surface area contributed by atoms with Crippen LogP contribution in [-0.2, 0) is 6.54 Å². The molecule has 0 saturated carbocycles. The molecule has 0 heterocycles. The normalized spacial score (nSPS) is 10.7. The molecular formula is C15H23N. The zero-order valence-corrected chi connectivity index (χ0v) is 10.6. The van der Waals surface area contributed by atoms with Crippen LogP contribution in [0.5, 0.6) is 0 Å². The third-order valence-electron chi connectivity index (χ3n) is 2.75. The van der Waals surface area contributed by atoms with Gasteiger partial charge in [-0.15, -0.1) is 0 Å². The highest BCUT2D eigenvalue weighted by Crippen LogP contribution is 2.13. The number of benzene rings is 1. The molecule has 1 aromatic rings. The molecule has 0 spiro atoms. The molecule has 0 fully saturated rings. The quantitative estimate of drug-likeness (QED) is 0.668. The predicted octanol–water partition coefficient (Wildman–Crippen LogP) is 3.95.